The molecule has 2 aromatic rings. The Hall–Kier alpha value is -1.56. The molecule has 0 amide bonds. The summed E-state index contributed by atoms with van der Waals surface area (Å²) < 4.78 is 0. The molecule has 66 heavy (non-hydrogen) atoms. The molecule has 2 rings (SSSR count). The van der Waals surface area contributed by atoms with E-state index in [1.807, 2.05) is 0 Å². The van der Waals surface area contributed by atoms with Crippen LogP contribution in [0.1, 0.15) is 315 Å². The fourth-order valence-corrected chi connectivity index (χ4v) is 9.69. The van der Waals surface area contributed by atoms with Crippen molar-refractivity contribution in [3.05, 3.63) is 59.7 Å². The molecule has 0 radical (unpaired) electrons. The summed E-state index contributed by atoms with van der Waals surface area (Å²) in [5.74, 6) is 0. The average molecular weight is 1000 g/mol. The predicted octanol–water partition coefficient (Wildman–Crippen LogP) is 22.5. The molecule has 0 aliphatic heterocycles. The third-order valence-electron chi connectivity index (χ3n) is 14.2. The van der Waals surface area contributed by atoms with Gasteiger partial charge in [-0.15, -0.1) is 0 Å². The van der Waals surface area contributed by atoms with Gasteiger partial charge in [0.05, 0.1) is 22.8 Å². The van der Waals surface area contributed by atoms with Gasteiger partial charge in [0, 0.05) is 20.4 Å². The number of rotatable bonds is 48. The smallest absolute Gasteiger partial charge is 0.0633 e. The quantitative estimate of drug-likeness (QED) is 0.0359. The van der Waals surface area contributed by atoms with Gasteiger partial charge in [0.2, 0.25) is 0 Å². The molecule has 0 heterocycles. The zero-order valence-corrected chi connectivity index (χ0v) is 46.2. The third-order valence-corrected chi connectivity index (χ3v) is 14.2. The normalized spacial score (nSPS) is 12.0. The van der Waals surface area contributed by atoms with Crippen LogP contribution in [0, 0.1) is 0 Å². The second-order valence-electron chi connectivity index (χ2n) is 20.5. The van der Waals surface area contributed by atoms with E-state index in [0.717, 1.165) is 24.2 Å². The van der Waals surface area contributed by atoms with E-state index < -0.39 is 0 Å². The average Bonchev–Trinajstić information content (AvgIpc) is 3.32. The minimum absolute atomic E-state index is 0. The van der Waals surface area contributed by atoms with Crippen molar-refractivity contribution in [2.75, 3.05) is 0 Å². The van der Waals surface area contributed by atoms with Crippen LogP contribution < -0.4 is 0 Å². The number of hydrogen-bond donors (Lipinski definition) is 0. The number of unbranched alkanes of at least 4 members (excludes halogenated alkanes) is 37. The summed E-state index contributed by atoms with van der Waals surface area (Å²) in [6, 6.07) is 18.5. The Morgan fingerprint density at radius 1 is 0.258 bits per heavy atom. The molecule has 0 aromatic heterocycles. The van der Waals surface area contributed by atoms with Gasteiger partial charge in [-0.3, -0.25) is 9.98 Å². The minimum atomic E-state index is 0. The Labute approximate surface area is 427 Å². The maximum absolute atomic E-state index is 5.40. The molecule has 3 heteroatoms. The first kappa shape index (κ1) is 62.5. The van der Waals surface area contributed by atoms with Crippen LogP contribution in [0.15, 0.2) is 58.5 Å². The zero-order chi connectivity index (χ0) is 46.4. The predicted molar refractivity (Wildman–Crippen MR) is 296 cm³/mol. The maximum atomic E-state index is 5.40. The zero-order valence-electron chi connectivity index (χ0n) is 44.6. The number of nitrogens with zero attached hydrogens (tertiary/aromatic N) is 2. The molecule has 0 aliphatic rings. The monoisotopic (exact) mass is 1000 g/mol. The molecule has 0 saturated carbocycles. The Morgan fingerprint density at radius 2 is 0.455 bits per heavy atom. The Kier molecular flexibility index (Phi) is 45.9. The summed E-state index contributed by atoms with van der Waals surface area (Å²) in [5, 5.41) is 0. The van der Waals surface area contributed by atoms with Crippen molar-refractivity contribution >= 4 is 22.8 Å². The summed E-state index contributed by atoms with van der Waals surface area (Å²) >= 11 is 0. The first-order valence-corrected chi connectivity index (χ1v) is 29.5. The first-order chi connectivity index (χ1) is 32.2. The van der Waals surface area contributed by atoms with Crippen LogP contribution >= 0.6 is 0 Å². The van der Waals surface area contributed by atoms with Crippen molar-refractivity contribution in [2.45, 2.75) is 317 Å². The minimum Gasteiger partial charge on any atom is -0.252 e. The van der Waals surface area contributed by atoms with Crippen LogP contribution in [0.4, 0.5) is 11.4 Å². The third kappa shape index (κ3) is 37.4. The molecule has 0 N–H and O–H groups in total. The van der Waals surface area contributed by atoms with Crippen molar-refractivity contribution in [1.82, 2.24) is 0 Å². The van der Waals surface area contributed by atoms with Crippen LogP contribution in [0.2, 0.25) is 0 Å². The molecule has 0 saturated heterocycles. The molecule has 0 bridgehead atoms. The molecular weight excluding hydrogens is 891 g/mol. The summed E-state index contributed by atoms with van der Waals surface area (Å²) in [7, 11) is 0. The van der Waals surface area contributed by atoms with E-state index in [1.165, 1.54) is 299 Å². The van der Waals surface area contributed by atoms with Gasteiger partial charge < -0.3 is 0 Å². The molecule has 0 spiro atoms. The van der Waals surface area contributed by atoms with Crippen molar-refractivity contribution in [2.24, 2.45) is 9.98 Å². The molecule has 2 nitrogen and oxygen atoms in total. The van der Waals surface area contributed by atoms with Crippen LogP contribution in [0.3, 0.4) is 0 Å². The van der Waals surface area contributed by atoms with E-state index in [2.05, 4.69) is 76.2 Å². The van der Waals surface area contributed by atoms with Crippen LogP contribution in [-0.4, -0.2) is 11.4 Å². The topological polar surface area (TPSA) is 24.7 Å². The van der Waals surface area contributed by atoms with Gasteiger partial charge in [-0.05, 0) is 86.8 Å². The summed E-state index contributed by atoms with van der Waals surface area (Å²) in [6.07, 6.45) is 61.4. The maximum Gasteiger partial charge on any atom is 0.0633 e. The number of hydrogen-bond acceptors (Lipinski definition) is 2. The van der Waals surface area contributed by atoms with Gasteiger partial charge >= 0.3 is 0 Å². The van der Waals surface area contributed by atoms with Gasteiger partial charge in [0.15, 0.2) is 0 Å². The van der Waals surface area contributed by atoms with Gasteiger partial charge in [0.25, 0.3) is 0 Å². The van der Waals surface area contributed by atoms with Crippen molar-refractivity contribution in [1.29, 1.82) is 0 Å². The molecule has 0 aliphatic carbocycles. The van der Waals surface area contributed by atoms with Gasteiger partial charge in [-0.25, -0.2) is 0 Å². The Morgan fingerprint density at radius 3 is 0.712 bits per heavy atom. The first-order valence-electron chi connectivity index (χ1n) is 29.5. The standard InChI is InChI=1S/C63H110N2.Pd/c1-5-9-13-16-19-21-23-25-27-29-31-33-35-37-39-43-46-58-50-54-60(55-51-58)64-62(48-42-12-8-4)63(49-45-41-18-15-11-7-3)65-61-56-52-59(53-57-61)47-44-40-38-36-34-32-30-28-26-24-22-20-17-14-10-6-2;/h50-57H,5-49H2,1-4H3;/b64-62+,65-63+;. The number of benzene rings is 2. The van der Waals surface area contributed by atoms with Crippen molar-refractivity contribution in [3.63, 3.8) is 0 Å². The van der Waals surface area contributed by atoms with Crippen LogP contribution in [0.5, 0.6) is 0 Å². The molecule has 382 valence electrons. The van der Waals surface area contributed by atoms with Gasteiger partial charge in [-0.2, -0.15) is 0 Å². The fourth-order valence-electron chi connectivity index (χ4n) is 9.69. The second-order valence-corrected chi connectivity index (χ2v) is 20.5. The van der Waals surface area contributed by atoms with E-state index >= 15 is 0 Å². The van der Waals surface area contributed by atoms with Crippen LogP contribution in [-0.2, 0) is 33.3 Å². The Balaban J connectivity index is 0.0000218. The number of aliphatic imine (C=N–C) groups is 2. The largest absolute Gasteiger partial charge is 0.252 e. The molecule has 2 aromatic carbocycles. The van der Waals surface area contributed by atoms with Crippen molar-refractivity contribution < 1.29 is 20.4 Å². The molecule has 0 fully saturated rings. The van der Waals surface area contributed by atoms with E-state index in [0.29, 0.717) is 0 Å². The second kappa shape index (κ2) is 48.5. The SMILES string of the molecule is CCCCCCCCCCCCCCCCCCc1ccc(/N=C(CCCCC)/C(CCCCCCCC)=N/c2ccc(CCCCCCCCCCCCCCCCCC)cc2)cc1.[Pd]. The van der Waals surface area contributed by atoms with Crippen LogP contribution in [0.25, 0.3) is 0 Å². The van der Waals surface area contributed by atoms with E-state index in [4.69, 9.17) is 9.98 Å². The summed E-state index contributed by atoms with van der Waals surface area (Å²) in [6.45, 7) is 9.23. The Bertz CT molecular complexity index is 1340. The molecule has 0 unspecified atom stereocenters. The van der Waals surface area contributed by atoms with Crippen molar-refractivity contribution in [3.8, 4) is 0 Å². The van der Waals surface area contributed by atoms with Gasteiger partial charge in [0.1, 0.15) is 0 Å². The molecule has 0 atom stereocenters. The summed E-state index contributed by atoms with van der Waals surface area (Å²) in [4.78, 5) is 10.8. The summed E-state index contributed by atoms with van der Waals surface area (Å²) in [5.41, 5.74) is 7.55. The van der Waals surface area contributed by atoms with Gasteiger partial charge in [-0.1, -0.05) is 290 Å². The van der Waals surface area contributed by atoms with E-state index in [-0.39, 0.29) is 20.4 Å². The van der Waals surface area contributed by atoms with E-state index in [9.17, 15) is 0 Å². The number of aryl methyl sites for hydroxylation is 2. The fraction of sp³-hybridized carbons (Fsp3) is 0.778. The molecular formula is C63H110N2Pd. The van der Waals surface area contributed by atoms with E-state index in [1.54, 1.807) is 0 Å².